The van der Waals surface area contributed by atoms with Crippen LogP contribution in [0.15, 0.2) is 65.8 Å². The first-order valence-corrected chi connectivity index (χ1v) is 9.85. The van der Waals surface area contributed by atoms with E-state index in [2.05, 4.69) is 61.0 Å². The highest BCUT2D eigenvalue weighted by molar-refractivity contribution is 5.37. The van der Waals surface area contributed by atoms with Gasteiger partial charge in [-0.1, -0.05) is 43.0 Å². The maximum Gasteiger partial charge on any atom is 0.157 e. The first kappa shape index (κ1) is 24.5. The molecule has 0 heterocycles. The molecule has 0 saturated heterocycles. The fourth-order valence-corrected chi connectivity index (χ4v) is 2.82. The molecule has 1 aromatic rings. The van der Waals surface area contributed by atoms with E-state index in [4.69, 9.17) is 4.74 Å². The summed E-state index contributed by atoms with van der Waals surface area (Å²) in [5, 5.41) is 9.21. The van der Waals surface area contributed by atoms with Gasteiger partial charge in [-0.25, -0.2) is 4.99 Å². The maximum absolute atomic E-state index is 9.21. The van der Waals surface area contributed by atoms with Crippen molar-refractivity contribution in [1.82, 2.24) is 14.7 Å². The summed E-state index contributed by atoms with van der Waals surface area (Å²) in [6.07, 6.45) is 2.34. The Morgan fingerprint density at radius 3 is 2.41 bits per heavy atom. The van der Waals surface area contributed by atoms with Crippen molar-refractivity contribution in [2.24, 2.45) is 4.99 Å². The zero-order chi connectivity index (χ0) is 21.8. The summed E-state index contributed by atoms with van der Waals surface area (Å²) in [5.41, 5.74) is 3.97. The quantitative estimate of drug-likeness (QED) is 0.294. The molecule has 160 valence electrons. The molecule has 0 saturated carbocycles. The molecule has 1 rings (SSSR count). The second-order valence-electron chi connectivity index (χ2n) is 6.87. The molecule has 0 radical (unpaired) electrons. The van der Waals surface area contributed by atoms with E-state index in [9.17, 15) is 5.11 Å². The monoisotopic (exact) mass is 400 g/mol. The normalized spacial score (nSPS) is 11.5. The summed E-state index contributed by atoms with van der Waals surface area (Å²) in [7, 11) is 3.83. The topological polar surface area (TPSA) is 51.5 Å². The molecule has 0 amide bonds. The molecule has 0 aliphatic rings. The second kappa shape index (κ2) is 12.8. The molecule has 0 fully saturated rings. The average Bonchev–Trinajstić information content (AvgIpc) is 2.73. The van der Waals surface area contributed by atoms with Gasteiger partial charge in [0, 0.05) is 40.4 Å². The number of benzene rings is 1. The molecule has 0 bridgehead atoms. The Labute approximate surface area is 176 Å². The highest BCUT2D eigenvalue weighted by Gasteiger charge is 2.22. The van der Waals surface area contributed by atoms with E-state index < -0.39 is 0 Å². The van der Waals surface area contributed by atoms with Crippen molar-refractivity contribution >= 4 is 6.72 Å². The third-order valence-corrected chi connectivity index (χ3v) is 4.62. The minimum Gasteiger partial charge on any atom is -0.396 e. The summed E-state index contributed by atoms with van der Waals surface area (Å²) in [6, 6.07) is 8.43. The molecule has 1 N–H and O–H groups in total. The standard InChI is InChI=1S/C23H36N4O2/c1-8-25(6)23(24-5)22(20(4)26(7)15-10-16-28)27(18-29-9-2)17-21-13-11-19(3)12-14-21/h8,11-14,28H,1,4-5,9-10,15-18H2,2-3,6-7H3/b23-22+. The Kier molecular flexibility index (Phi) is 10.8. The second-order valence-corrected chi connectivity index (χ2v) is 6.87. The molecule has 0 atom stereocenters. The Hall–Kier alpha value is -2.57. The predicted octanol–water partition coefficient (Wildman–Crippen LogP) is 3.56. The molecular formula is C23H36N4O2. The number of aryl methyl sites for hydroxylation is 1. The predicted molar refractivity (Wildman–Crippen MR) is 121 cm³/mol. The molecule has 0 aliphatic carbocycles. The number of rotatable bonds is 14. The third kappa shape index (κ3) is 7.40. The van der Waals surface area contributed by atoms with Crippen molar-refractivity contribution in [1.29, 1.82) is 0 Å². The van der Waals surface area contributed by atoms with Crippen LogP contribution in [0.5, 0.6) is 0 Å². The van der Waals surface area contributed by atoms with Gasteiger partial charge in [-0.2, -0.15) is 0 Å². The van der Waals surface area contributed by atoms with Crippen molar-refractivity contribution < 1.29 is 9.84 Å². The first-order valence-electron chi connectivity index (χ1n) is 9.85. The van der Waals surface area contributed by atoms with E-state index in [1.165, 1.54) is 5.56 Å². The third-order valence-electron chi connectivity index (χ3n) is 4.62. The van der Waals surface area contributed by atoms with Crippen LogP contribution in [-0.4, -0.2) is 67.1 Å². The maximum atomic E-state index is 9.21. The van der Waals surface area contributed by atoms with Crippen LogP contribution in [0.1, 0.15) is 24.5 Å². The van der Waals surface area contributed by atoms with Crippen LogP contribution >= 0.6 is 0 Å². The molecule has 1 aromatic carbocycles. The van der Waals surface area contributed by atoms with Crippen LogP contribution in [0.25, 0.3) is 0 Å². The van der Waals surface area contributed by atoms with Gasteiger partial charge in [-0.15, -0.1) is 0 Å². The van der Waals surface area contributed by atoms with Crippen molar-refractivity contribution in [2.75, 3.05) is 40.6 Å². The summed E-state index contributed by atoms with van der Waals surface area (Å²) < 4.78 is 5.78. The Morgan fingerprint density at radius 2 is 1.90 bits per heavy atom. The van der Waals surface area contributed by atoms with E-state index in [0.29, 0.717) is 38.7 Å². The summed E-state index contributed by atoms with van der Waals surface area (Å²) in [4.78, 5) is 10.2. The zero-order valence-corrected chi connectivity index (χ0v) is 18.4. The van der Waals surface area contributed by atoms with E-state index in [0.717, 1.165) is 17.0 Å². The van der Waals surface area contributed by atoms with Crippen molar-refractivity contribution in [3.05, 3.63) is 72.0 Å². The van der Waals surface area contributed by atoms with Crippen LogP contribution in [-0.2, 0) is 11.3 Å². The number of aliphatic hydroxyl groups is 1. The van der Waals surface area contributed by atoms with Crippen molar-refractivity contribution in [2.45, 2.75) is 26.8 Å². The van der Waals surface area contributed by atoms with Gasteiger partial charge in [0.1, 0.15) is 12.4 Å². The Balaban J connectivity index is 3.42. The lowest BCUT2D eigenvalue weighted by molar-refractivity contribution is 0.0488. The van der Waals surface area contributed by atoms with Crippen LogP contribution in [0.4, 0.5) is 0 Å². The lowest BCUT2D eigenvalue weighted by atomic mass is 10.1. The van der Waals surface area contributed by atoms with Gasteiger partial charge in [0.2, 0.25) is 0 Å². The number of aliphatic imine (C=N–C) groups is 1. The molecule has 6 heteroatoms. The van der Waals surface area contributed by atoms with Gasteiger partial charge in [-0.05, 0) is 38.7 Å². The largest absolute Gasteiger partial charge is 0.396 e. The molecule has 6 nitrogen and oxygen atoms in total. The SMILES string of the molecule is C=CN(C)/C(N=C)=C(\C(=C)N(C)CCCO)N(COCC)Cc1ccc(C)cc1. The Morgan fingerprint density at radius 1 is 1.24 bits per heavy atom. The minimum absolute atomic E-state index is 0.127. The lowest BCUT2D eigenvalue weighted by Crippen LogP contribution is -2.34. The van der Waals surface area contributed by atoms with Gasteiger partial charge in [0.25, 0.3) is 0 Å². The van der Waals surface area contributed by atoms with Crippen LogP contribution < -0.4 is 0 Å². The number of hydrogen-bond donors (Lipinski definition) is 1. The molecular weight excluding hydrogens is 364 g/mol. The minimum atomic E-state index is 0.127. The molecule has 0 unspecified atom stereocenters. The van der Waals surface area contributed by atoms with Crippen LogP contribution in [0.3, 0.4) is 0 Å². The highest BCUT2D eigenvalue weighted by atomic mass is 16.5. The van der Waals surface area contributed by atoms with Crippen LogP contribution in [0, 0.1) is 6.92 Å². The lowest BCUT2D eigenvalue weighted by Gasteiger charge is -2.34. The average molecular weight is 401 g/mol. The van der Waals surface area contributed by atoms with E-state index in [-0.39, 0.29) is 6.61 Å². The summed E-state index contributed by atoms with van der Waals surface area (Å²) in [6.45, 7) is 18.4. The molecule has 0 spiro atoms. The summed E-state index contributed by atoms with van der Waals surface area (Å²) in [5.74, 6) is 0.646. The molecule has 29 heavy (non-hydrogen) atoms. The van der Waals surface area contributed by atoms with Gasteiger partial charge < -0.3 is 24.5 Å². The van der Waals surface area contributed by atoms with E-state index in [1.54, 1.807) is 6.20 Å². The van der Waals surface area contributed by atoms with Gasteiger partial charge in [0.15, 0.2) is 5.82 Å². The number of nitrogens with zero attached hydrogens (tertiary/aromatic N) is 4. The van der Waals surface area contributed by atoms with Crippen molar-refractivity contribution in [3.63, 3.8) is 0 Å². The smallest absolute Gasteiger partial charge is 0.157 e. The highest BCUT2D eigenvalue weighted by Crippen LogP contribution is 2.26. The fraction of sp³-hybridized carbons (Fsp3) is 0.435. The van der Waals surface area contributed by atoms with Crippen LogP contribution in [0.2, 0.25) is 0 Å². The number of aliphatic hydroxyl groups excluding tert-OH is 1. The van der Waals surface area contributed by atoms with Gasteiger partial charge in [0.05, 0.1) is 5.70 Å². The molecule has 0 aromatic heterocycles. The van der Waals surface area contributed by atoms with Crippen molar-refractivity contribution in [3.8, 4) is 0 Å². The Bertz CT molecular complexity index is 697. The molecule has 0 aliphatic heterocycles. The fourth-order valence-electron chi connectivity index (χ4n) is 2.82. The number of hydrogen-bond acceptors (Lipinski definition) is 6. The van der Waals surface area contributed by atoms with Gasteiger partial charge in [-0.3, -0.25) is 0 Å². The number of ether oxygens (including phenoxy) is 1. The van der Waals surface area contributed by atoms with Gasteiger partial charge >= 0.3 is 0 Å². The van der Waals surface area contributed by atoms with E-state index >= 15 is 0 Å². The number of likely N-dealkylation sites (N-methyl/N-ethyl adjacent to an activating group) is 1. The first-order chi connectivity index (χ1) is 13.9. The van der Waals surface area contributed by atoms with E-state index in [1.807, 2.05) is 30.8 Å². The zero-order valence-electron chi connectivity index (χ0n) is 18.4. The summed E-state index contributed by atoms with van der Waals surface area (Å²) >= 11 is 0.